The van der Waals surface area contributed by atoms with Crippen LogP contribution in [0.15, 0.2) is 29.2 Å². The molecule has 0 saturated carbocycles. The number of nitrogens with two attached hydrogens (primary N) is 2. The van der Waals surface area contributed by atoms with Gasteiger partial charge in [0, 0.05) is 4.90 Å². The fourth-order valence-electron chi connectivity index (χ4n) is 1.49. The van der Waals surface area contributed by atoms with Crippen LogP contribution in [0.3, 0.4) is 0 Å². The summed E-state index contributed by atoms with van der Waals surface area (Å²) < 4.78 is 0. The van der Waals surface area contributed by atoms with Crippen molar-refractivity contribution in [2.75, 3.05) is 19.3 Å². The minimum Gasteiger partial charge on any atom is -0.330 e. The molecule has 15 heavy (non-hydrogen) atoms. The van der Waals surface area contributed by atoms with E-state index in [0.29, 0.717) is 19.0 Å². The fraction of sp³-hybridized carbons (Fsp3) is 0.500. The Hall–Kier alpha value is -0.510. The highest BCUT2D eigenvalue weighted by Crippen LogP contribution is 2.16. The van der Waals surface area contributed by atoms with E-state index in [1.165, 1.54) is 10.5 Å². The molecular weight excluding hydrogens is 204 g/mol. The Kier molecular flexibility index (Phi) is 5.76. The first-order chi connectivity index (χ1) is 7.30. The summed E-state index contributed by atoms with van der Waals surface area (Å²) >= 11 is 1.77. The van der Waals surface area contributed by atoms with E-state index in [1.54, 1.807) is 11.8 Å². The molecule has 1 aromatic rings. The van der Waals surface area contributed by atoms with Crippen molar-refractivity contribution in [3.05, 3.63) is 29.8 Å². The molecule has 4 N–H and O–H groups in total. The summed E-state index contributed by atoms with van der Waals surface area (Å²) in [5.41, 5.74) is 12.6. The lowest BCUT2D eigenvalue weighted by Crippen LogP contribution is -2.23. The van der Waals surface area contributed by atoms with E-state index >= 15 is 0 Å². The van der Waals surface area contributed by atoms with Crippen LogP contribution in [-0.4, -0.2) is 19.3 Å². The first-order valence-electron chi connectivity index (χ1n) is 5.33. The van der Waals surface area contributed by atoms with Crippen molar-refractivity contribution >= 4 is 11.8 Å². The average molecular weight is 224 g/mol. The van der Waals surface area contributed by atoms with Crippen LogP contribution in [0, 0.1) is 5.92 Å². The molecule has 0 atom stereocenters. The Bertz CT molecular complexity index is 267. The molecule has 0 heterocycles. The molecule has 0 saturated heterocycles. The van der Waals surface area contributed by atoms with Gasteiger partial charge in [-0.05, 0) is 55.8 Å². The normalized spacial score (nSPS) is 10.9. The molecule has 0 aromatic heterocycles. The molecule has 0 bridgehead atoms. The van der Waals surface area contributed by atoms with Gasteiger partial charge >= 0.3 is 0 Å². The Morgan fingerprint density at radius 1 is 1.13 bits per heavy atom. The zero-order valence-corrected chi connectivity index (χ0v) is 10.1. The summed E-state index contributed by atoms with van der Waals surface area (Å²) in [4.78, 5) is 1.31. The number of aryl methyl sites for hydroxylation is 1. The number of rotatable bonds is 6. The van der Waals surface area contributed by atoms with Crippen molar-refractivity contribution in [3.63, 3.8) is 0 Å². The highest BCUT2D eigenvalue weighted by Gasteiger charge is 2.04. The zero-order valence-electron chi connectivity index (χ0n) is 9.28. The second-order valence-electron chi connectivity index (χ2n) is 3.72. The highest BCUT2D eigenvalue weighted by atomic mass is 32.2. The van der Waals surface area contributed by atoms with Crippen LogP contribution in [0.5, 0.6) is 0 Å². The molecule has 0 aliphatic carbocycles. The molecule has 0 fully saturated rings. The van der Waals surface area contributed by atoms with E-state index in [4.69, 9.17) is 11.5 Å². The first-order valence-corrected chi connectivity index (χ1v) is 6.55. The molecule has 0 aliphatic heterocycles. The van der Waals surface area contributed by atoms with Crippen molar-refractivity contribution in [3.8, 4) is 0 Å². The van der Waals surface area contributed by atoms with Gasteiger partial charge in [0.25, 0.3) is 0 Å². The monoisotopic (exact) mass is 224 g/mol. The average Bonchev–Trinajstić information content (AvgIpc) is 2.31. The fourth-order valence-corrected chi connectivity index (χ4v) is 1.90. The maximum absolute atomic E-state index is 5.61. The van der Waals surface area contributed by atoms with Gasteiger partial charge in [-0.3, -0.25) is 0 Å². The first kappa shape index (κ1) is 12.6. The zero-order chi connectivity index (χ0) is 11.1. The van der Waals surface area contributed by atoms with Gasteiger partial charge < -0.3 is 11.5 Å². The summed E-state index contributed by atoms with van der Waals surface area (Å²) in [6.07, 6.45) is 4.26. The third-order valence-corrected chi connectivity index (χ3v) is 3.41. The van der Waals surface area contributed by atoms with Gasteiger partial charge in [0.2, 0.25) is 0 Å². The summed E-state index contributed by atoms with van der Waals surface area (Å²) in [7, 11) is 0. The van der Waals surface area contributed by atoms with E-state index in [2.05, 4.69) is 30.5 Å². The van der Waals surface area contributed by atoms with Gasteiger partial charge in [0.15, 0.2) is 0 Å². The van der Waals surface area contributed by atoms with Crippen molar-refractivity contribution in [2.24, 2.45) is 17.4 Å². The standard InChI is InChI=1S/C12H20N2S/c1-15-12-6-4-10(5-7-12)2-3-11(8-13)9-14/h4-7,11H,2-3,8-9,13-14H2,1H3. The molecule has 1 aromatic carbocycles. The second-order valence-corrected chi connectivity index (χ2v) is 4.60. The Labute approximate surface area is 96.4 Å². The quantitative estimate of drug-likeness (QED) is 0.725. The molecule has 0 amide bonds. The lowest BCUT2D eigenvalue weighted by atomic mass is 10.00. The smallest absolute Gasteiger partial charge is 0.00693 e. The van der Waals surface area contributed by atoms with Crippen LogP contribution in [0.1, 0.15) is 12.0 Å². The second kappa shape index (κ2) is 6.88. The minimum absolute atomic E-state index is 0.463. The van der Waals surface area contributed by atoms with Crippen LogP contribution >= 0.6 is 11.8 Å². The Morgan fingerprint density at radius 3 is 2.20 bits per heavy atom. The summed E-state index contributed by atoms with van der Waals surface area (Å²) in [5.74, 6) is 0.463. The van der Waals surface area contributed by atoms with Gasteiger partial charge in [-0.2, -0.15) is 0 Å². The highest BCUT2D eigenvalue weighted by molar-refractivity contribution is 7.98. The molecule has 0 spiro atoms. The molecule has 0 radical (unpaired) electrons. The third-order valence-electron chi connectivity index (χ3n) is 2.67. The lowest BCUT2D eigenvalue weighted by molar-refractivity contribution is 0.508. The lowest BCUT2D eigenvalue weighted by Gasteiger charge is -2.11. The van der Waals surface area contributed by atoms with Gasteiger partial charge in [0.1, 0.15) is 0 Å². The van der Waals surface area contributed by atoms with Crippen molar-refractivity contribution in [1.82, 2.24) is 0 Å². The van der Waals surface area contributed by atoms with Crippen molar-refractivity contribution < 1.29 is 0 Å². The van der Waals surface area contributed by atoms with Gasteiger partial charge in [-0.15, -0.1) is 11.8 Å². The largest absolute Gasteiger partial charge is 0.330 e. The number of hydrogen-bond donors (Lipinski definition) is 2. The maximum atomic E-state index is 5.61. The summed E-state index contributed by atoms with van der Waals surface area (Å²) in [6.45, 7) is 1.39. The van der Waals surface area contributed by atoms with Crippen LogP contribution in [0.4, 0.5) is 0 Å². The SMILES string of the molecule is CSc1ccc(CCC(CN)CN)cc1. The van der Waals surface area contributed by atoms with Gasteiger partial charge in [-0.1, -0.05) is 12.1 Å². The minimum atomic E-state index is 0.463. The molecule has 1 rings (SSSR count). The topological polar surface area (TPSA) is 52.0 Å². The molecule has 0 unspecified atom stereocenters. The predicted molar refractivity (Wildman–Crippen MR) is 68.1 cm³/mol. The van der Waals surface area contributed by atoms with E-state index in [1.807, 2.05) is 0 Å². The number of benzene rings is 1. The number of thioether (sulfide) groups is 1. The molecule has 84 valence electrons. The van der Waals surface area contributed by atoms with Gasteiger partial charge in [-0.25, -0.2) is 0 Å². The van der Waals surface area contributed by atoms with Crippen LogP contribution in [0.25, 0.3) is 0 Å². The van der Waals surface area contributed by atoms with Crippen LogP contribution < -0.4 is 11.5 Å². The third kappa shape index (κ3) is 4.24. The van der Waals surface area contributed by atoms with E-state index in [9.17, 15) is 0 Å². The maximum Gasteiger partial charge on any atom is 0.00693 e. The van der Waals surface area contributed by atoms with Gasteiger partial charge in [0.05, 0.1) is 0 Å². The molecular formula is C12H20N2S. The number of hydrogen-bond acceptors (Lipinski definition) is 3. The van der Waals surface area contributed by atoms with E-state index < -0.39 is 0 Å². The molecule has 0 aliphatic rings. The summed E-state index contributed by atoms with van der Waals surface area (Å²) in [6, 6.07) is 8.71. The van der Waals surface area contributed by atoms with Crippen LogP contribution in [0.2, 0.25) is 0 Å². The summed E-state index contributed by atoms with van der Waals surface area (Å²) in [5, 5.41) is 0. The van der Waals surface area contributed by atoms with Crippen LogP contribution in [-0.2, 0) is 6.42 Å². The van der Waals surface area contributed by atoms with E-state index in [-0.39, 0.29) is 0 Å². The Morgan fingerprint density at radius 2 is 1.73 bits per heavy atom. The predicted octanol–water partition coefficient (Wildman–Crippen LogP) is 1.87. The Balaban J connectivity index is 2.43. The van der Waals surface area contributed by atoms with Crippen molar-refractivity contribution in [1.29, 1.82) is 0 Å². The molecule has 2 nitrogen and oxygen atoms in total. The van der Waals surface area contributed by atoms with E-state index in [0.717, 1.165) is 12.8 Å². The molecule has 3 heteroatoms. The van der Waals surface area contributed by atoms with Crippen molar-refractivity contribution in [2.45, 2.75) is 17.7 Å².